The number of benzene rings is 2. The van der Waals surface area contributed by atoms with Crippen molar-refractivity contribution >= 4 is 21.6 Å². The molecule has 1 aliphatic rings. The summed E-state index contributed by atoms with van der Waals surface area (Å²) in [5.74, 6) is -0.170. The average molecular weight is 415 g/mol. The molecule has 3 rings (SSSR count). The maximum atomic E-state index is 13.5. The van der Waals surface area contributed by atoms with E-state index < -0.39 is 10.0 Å². The second-order valence-corrected chi connectivity index (χ2v) is 9.77. The van der Waals surface area contributed by atoms with Crippen molar-refractivity contribution in [3.8, 4) is 0 Å². The van der Waals surface area contributed by atoms with Gasteiger partial charge < -0.3 is 4.90 Å². The van der Waals surface area contributed by atoms with E-state index in [-0.39, 0.29) is 23.4 Å². The quantitative estimate of drug-likeness (QED) is 0.708. The van der Waals surface area contributed by atoms with Gasteiger partial charge in [0, 0.05) is 13.1 Å². The number of carbonyl (C=O) groups is 1. The van der Waals surface area contributed by atoms with Crippen LogP contribution in [0.4, 0.5) is 5.69 Å². The van der Waals surface area contributed by atoms with E-state index in [9.17, 15) is 13.2 Å². The molecule has 0 spiro atoms. The molecular weight excluding hydrogens is 384 g/mol. The minimum absolute atomic E-state index is 0.170. The van der Waals surface area contributed by atoms with E-state index in [1.165, 1.54) is 10.7 Å². The Morgan fingerprint density at radius 3 is 2.28 bits per heavy atom. The number of nitrogens with zero attached hydrogens (tertiary/aromatic N) is 2. The van der Waals surface area contributed by atoms with Gasteiger partial charge in [-0.25, -0.2) is 8.42 Å². The highest BCUT2D eigenvalue weighted by Crippen LogP contribution is 2.28. The van der Waals surface area contributed by atoms with Crippen molar-refractivity contribution in [2.75, 3.05) is 17.9 Å². The lowest BCUT2D eigenvalue weighted by Crippen LogP contribution is -2.46. The lowest BCUT2D eigenvalue weighted by molar-refractivity contribution is -0.130. The summed E-state index contributed by atoms with van der Waals surface area (Å²) in [6, 6.07) is 14.1. The van der Waals surface area contributed by atoms with Gasteiger partial charge in [0.25, 0.3) is 10.0 Å². The van der Waals surface area contributed by atoms with Gasteiger partial charge in [0.1, 0.15) is 6.54 Å². The molecule has 6 heteroatoms. The van der Waals surface area contributed by atoms with Crippen LogP contribution in [-0.2, 0) is 14.8 Å². The summed E-state index contributed by atoms with van der Waals surface area (Å²) in [5, 5.41) is 0. The van der Waals surface area contributed by atoms with Crippen LogP contribution in [0.5, 0.6) is 0 Å². The molecule has 5 nitrogen and oxygen atoms in total. The van der Waals surface area contributed by atoms with E-state index in [1.54, 1.807) is 48.3 Å². The van der Waals surface area contributed by atoms with Gasteiger partial charge in [0.2, 0.25) is 5.91 Å². The summed E-state index contributed by atoms with van der Waals surface area (Å²) >= 11 is 0. The molecule has 29 heavy (non-hydrogen) atoms. The van der Waals surface area contributed by atoms with Crippen LogP contribution in [0.25, 0.3) is 0 Å². The number of anilines is 1. The lowest BCUT2D eigenvalue weighted by Gasteiger charge is -2.33. The molecule has 1 aliphatic carbocycles. The highest BCUT2D eigenvalue weighted by atomic mass is 32.2. The average Bonchev–Trinajstić information content (AvgIpc) is 2.73. The Balaban J connectivity index is 1.96. The van der Waals surface area contributed by atoms with Crippen LogP contribution in [0.3, 0.4) is 0 Å². The van der Waals surface area contributed by atoms with Gasteiger partial charge in [0.05, 0.1) is 10.6 Å². The van der Waals surface area contributed by atoms with Crippen LogP contribution in [0.15, 0.2) is 53.4 Å². The van der Waals surface area contributed by atoms with E-state index in [1.807, 2.05) is 26.0 Å². The Bertz CT molecular complexity index is 951. The summed E-state index contributed by atoms with van der Waals surface area (Å²) in [6.45, 7) is 3.65. The molecule has 0 unspecified atom stereocenters. The van der Waals surface area contributed by atoms with Crippen LogP contribution >= 0.6 is 0 Å². The number of hydrogen-bond donors (Lipinski definition) is 0. The maximum absolute atomic E-state index is 13.5. The molecule has 0 aromatic heterocycles. The van der Waals surface area contributed by atoms with Gasteiger partial charge in [-0.05, 0) is 50.5 Å². The second-order valence-electron chi connectivity index (χ2n) is 7.91. The van der Waals surface area contributed by atoms with E-state index in [4.69, 9.17) is 0 Å². The van der Waals surface area contributed by atoms with E-state index in [2.05, 4.69) is 0 Å². The third kappa shape index (κ3) is 4.81. The summed E-state index contributed by atoms with van der Waals surface area (Å²) in [5.41, 5.74) is 2.43. The molecule has 0 atom stereocenters. The zero-order valence-electron chi connectivity index (χ0n) is 17.5. The van der Waals surface area contributed by atoms with Crippen LogP contribution in [0, 0.1) is 13.8 Å². The summed E-state index contributed by atoms with van der Waals surface area (Å²) in [6.07, 6.45) is 5.40. The summed E-state index contributed by atoms with van der Waals surface area (Å²) in [4.78, 5) is 15.0. The molecule has 0 N–H and O–H groups in total. The zero-order chi connectivity index (χ0) is 21.0. The number of aryl methyl sites for hydroxylation is 2. The van der Waals surface area contributed by atoms with Gasteiger partial charge in [-0.15, -0.1) is 0 Å². The Morgan fingerprint density at radius 1 is 1.00 bits per heavy atom. The lowest BCUT2D eigenvalue weighted by atomic mass is 9.94. The molecule has 0 heterocycles. The van der Waals surface area contributed by atoms with E-state index >= 15 is 0 Å². The Morgan fingerprint density at radius 2 is 1.66 bits per heavy atom. The Hall–Kier alpha value is -2.34. The molecule has 2 aromatic rings. The number of sulfonamides is 1. The van der Waals surface area contributed by atoms with Crippen molar-refractivity contribution in [3.05, 3.63) is 59.7 Å². The largest absolute Gasteiger partial charge is 0.341 e. The van der Waals surface area contributed by atoms with Gasteiger partial charge in [-0.3, -0.25) is 9.10 Å². The SMILES string of the molecule is Cc1ccc(N(CC(=O)N(C)C2CCCCC2)S(=O)(=O)c2ccccc2)c(C)c1. The molecule has 0 aliphatic heterocycles. The topological polar surface area (TPSA) is 57.7 Å². The standard InChI is InChI=1S/C23H30N2O3S/c1-18-14-15-22(19(2)16-18)25(29(27,28)21-12-8-5-9-13-21)17-23(26)24(3)20-10-6-4-7-11-20/h5,8-9,12-16,20H,4,6-7,10-11,17H2,1-3H3. The first kappa shape index (κ1) is 21.4. The van der Waals surface area contributed by atoms with Crippen molar-refractivity contribution in [3.63, 3.8) is 0 Å². The number of rotatable bonds is 6. The second kappa shape index (κ2) is 8.99. The van der Waals surface area contributed by atoms with Crippen molar-refractivity contribution in [2.45, 2.75) is 56.9 Å². The first-order chi connectivity index (χ1) is 13.8. The number of amides is 1. The molecule has 1 fully saturated rings. The fourth-order valence-electron chi connectivity index (χ4n) is 4.01. The third-order valence-electron chi connectivity index (χ3n) is 5.75. The highest BCUT2D eigenvalue weighted by Gasteiger charge is 2.31. The van der Waals surface area contributed by atoms with Gasteiger partial charge in [-0.1, -0.05) is 55.2 Å². The Labute approximate surface area is 174 Å². The van der Waals surface area contributed by atoms with Crippen molar-refractivity contribution in [2.24, 2.45) is 0 Å². The maximum Gasteiger partial charge on any atom is 0.264 e. The fourth-order valence-corrected chi connectivity index (χ4v) is 5.51. The zero-order valence-corrected chi connectivity index (χ0v) is 18.3. The summed E-state index contributed by atoms with van der Waals surface area (Å²) < 4.78 is 28.2. The summed E-state index contributed by atoms with van der Waals surface area (Å²) in [7, 11) is -2.06. The Kier molecular flexibility index (Phi) is 6.63. The first-order valence-corrected chi connectivity index (χ1v) is 11.7. The normalized spacial score (nSPS) is 15.1. The molecular formula is C23H30N2O3S. The monoisotopic (exact) mass is 414 g/mol. The predicted molar refractivity (Wildman–Crippen MR) is 117 cm³/mol. The van der Waals surface area contributed by atoms with Gasteiger partial charge in [-0.2, -0.15) is 0 Å². The fraction of sp³-hybridized carbons (Fsp3) is 0.435. The van der Waals surface area contributed by atoms with Crippen LogP contribution < -0.4 is 4.31 Å². The van der Waals surface area contributed by atoms with Crippen molar-refractivity contribution < 1.29 is 13.2 Å². The molecule has 156 valence electrons. The minimum Gasteiger partial charge on any atom is -0.341 e. The molecule has 0 bridgehead atoms. The number of hydrogen-bond acceptors (Lipinski definition) is 3. The smallest absolute Gasteiger partial charge is 0.264 e. The van der Waals surface area contributed by atoms with E-state index in [0.717, 1.165) is 36.8 Å². The van der Waals surface area contributed by atoms with Crippen LogP contribution in [0.2, 0.25) is 0 Å². The molecule has 1 amide bonds. The van der Waals surface area contributed by atoms with Crippen molar-refractivity contribution in [1.29, 1.82) is 0 Å². The van der Waals surface area contributed by atoms with Gasteiger partial charge in [0.15, 0.2) is 0 Å². The minimum atomic E-state index is -3.86. The van der Waals surface area contributed by atoms with Crippen LogP contribution in [-0.4, -0.2) is 38.9 Å². The highest BCUT2D eigenvalue weighted by molar-refractivity contribution is 7.92. The van der Waals surface area contributed by atoms with E-state index in [0.29, 0.717) is 5.69 Å². The molecule has 2 aromatic carbocycles. The molecule has 1 saturated carbocycles. The third-order valence-corrected chi connectivity index (χ3v) is 7.52. The number of likely N-dealkylation sites (N-methyl/N-ethyl adjacent to an activating group) is 1. The number of carbonyl (C=O) groups excluding carboxylic acids is 1. The van der Waals surface area contributed by atoms with Gasteiger partial charge >= 0.3 is 0 Å². The molecule has 0 radical (unpaired) electrons. The van der Waals surface area contributed by atoms with Crippen molar-refractivity contribution in [1.82, 2.24) is 4.90 Å². The van der Waals surface area contributed by atoms with Crippen LogP contribution in [0.1, 0.15) is 43.2 Å². The molecule has 0 saturated heterocycles. The first-order valence-electron chi connectivity index (χ1n) is 10.2. The predicted octanol–water partition coefficient (Wildman–Crippen LogP) is 4.29.